The largest absolute Gasteiger partial charge is 0.508 e. The number of anilines is 1. The third kappa shape index (κ3) is 7.28. The minimum absolute atomic E-state index is 0.101. The summed E-state index contributed by atoms with van der Waals surface area (Å²) in [6.07, 6.45) is 0.795. The van der Waals surface area contributed by atoms with Crippen molar-refractivity contribution in [2.24, 2.45) is 0 Å². The zero-order chi connectivity index (χ0) is 39.8. The number of para-hydroxylation sites is 2. The summed E-state index contributed by atoms with van der Waals surface area (Å²) in [5.41, 5.74) is 6.69. The molecule has 0 saturated carbocycles. The molecule has 12 heteroatoms. The Morgan fingerprint density at radius 3 is 2.33 bits per heavy atom. The van der Waals surface area contributed by atoms with E-state index in [2.05, 4.69) is 23.1 Å². The maximum atomic E-state index is 15.4. The van der Waals surface area contributed by atoms with Crippen LogP contribution in [0.15, 0.2) is 115 Å². The highest BCUT2D eigenvalue weighted by Gasteiger charge is 2.35. The van der Waals surface area contributed by atoms with Crippen LogP contribution in [0.1, 0.15) is 43.1 Å². The number of carbonyl (C=O) groups excluding carboxylic acids is 3. The number of nitrogens with zero attached hydrogens (tertiary/aromatic N) is 6. The number of carbonyl (C=O) groups is 3. The van der Waals surface area contributed by atoms with E-state index in [4.69, 9.17) is 14.6 Å². The first-order valence-electron chi connectivity index (χ1n) is 19.7. The smallest absolute Gasteiger partial charge is 0.415 e. The second kappa shape index (κ2) is 15.8. The highest BCUT2D eigenvalue weighted by Crippen LogP contribution is 2.34. The van der Waals surface area contributed by atoms with Gasteiger partial charge in [0.15, 0.2) is 5.69 Å². The number of hydrogen-bond acceptors (Lipinski definition) is 8. The van der Waals surface area contributed by atoms with Gasteiger partial charge in [-0.15, -0.1) is 0 Å². The Morgan fingerprint density at radius 2 is 1.53 bits per heavy atom. The van der Waals surface area contributed by atoms with Gasteiger partial charge >= 0.3 is 6.09 Å². The molecular formula is C46H44N6O6. The van der Waals surface area contributed by atoms with E-state index >= 15 is 4.79 Å². The fraction of sp³-hybridized carbons (Fsp3) is 0.261. The molecule has 58 heavy (non-hydrogen) atoms. The van der Waals surface area contributed by atoms with Crippen molar-refractivity contribution in [3.05, 3.63) is 149 Å². The Balaban J connectivity index is 1.14. The molecule has 5 aromatic carbocycles. The zero-order valence-corrected chi connectivity index (χ0v) is 32.3. The number of benzene rings is 5. The van der Waals surface area contributed by atoms with E-state index in [9.17, 15) is 14.7 Å². The Labute approximate surface area is 336 Å². The minimum Gasteiger partial charge on any atom is -0.508 e. The molecule has 3 aliphatic rings. The first kappa shape index (κ1) is 37.1. The van der Waals surface area contributed by atoms with Gasteiger partial charge < -0.3 is 29.3 Å². The van der Waals surface area contributed by atoms with Gasteiger partial charge in [0.05, 0.1) is 30.0 Å². The van der Waals surface area contributed by atoms with Crippen LogP contribution in [-0.2, 0) is 30.7 Å². The summed E-state index contributed by atoms with van der Waals surface area (Å²) in [6.45, 7) is 4.75. The fourth-order valence-corrected chi connectivity index (χ4v) is 8.34. The standard InChI is InChI=1S/C46H44N6O6/c1-48(35-15-17-37(53)18-16-35)45(55)43-39-13-7-8-14-41(39)52(47-43)42-27-32-19-20-50(46(56)58-38-11-3-2-4-12-38)28-34(32)26-40(42)44(54)51-29-33-10-6-5-9-31(33)25-36(51)30-49-21-23-57-24-22-49/h2-18,26-27,36,53H,19-25,28-30H2,1H3/t36-/m0/s1. The van der Waals surface area contributed by atoms with Crippen molar-refractivity contribution in [2.45, 2.75) is 32.0 Å². The predicted molar refractivity (Wildman–Crippen MR) is 220 cm³/mol. The van der Waals surface area contributed by atoms with Gasteiger partial charge in [0, 0.05) is 63.4 Å². The second-order valence-corrected chi connectivity index (χ2v) is 15.1. The van der Waals surface area contributed by atoms with E-state index in [0.29, 0.717) is 79.3 Å². The average molecular weight is 777 g/mol. The summed E-state index contributed by atoms with van der Waals surface area (Å²) < 4.78 is 13.1. The quantitative estimate of drug-likeness (QED) is 0.196. The van der Waals surface area contributed by atoms with Gasteiger partial charge in [-0.3, -0.25) is 14.5 Å². The number of rotatable bonds is 7. The lowest BCUT2D eigenvalue weighted by atomic mass is 9.91. The molecule has 294 valence electrons. The molecule has 1 fully saturated rings. The average Bonchev–Trinajstić information content (AvgIpc) is 3.65. The number of amides is 3. The van der Waals surface area contributed by atoms with E-state index in [1.54, 1.807) is 40.9 Å². The van der Waals surface area contributed by atoms with E-state index in [0.717, 1.165) is 29.8 Å². The van der Waals surface area contributed by atoms with Crippen molar-refractivity contribution in [1.29, 1.82) is 0 Å². The highest BCUT2D eigenvalue weighted by atomic mass is 16.6. The number of aromatic nitrogens is 2. The Kier molecular flexibility index (Phi) is 10.1. The molecule has 1 saturated heterocycles. The SMILES string of the molecule is CN(C(=O)c1nn(-c2cc3c(cc2C(=O)N2Cc4ccccc4C[C@H]2CN2CCOCC2)CN(C(=O)Oc2ccccc2)CC3)c2ccccc12)c1ccc(O)cc1. The number of hydrogen-bond donors (Lipinski definition) is 1. The Hall–Kier alpha value is -6.50. The summed E-state index contributed by atoms with van der Waals surface area (Å²) in [5, 5.41) is 15.5. The molecule has 3 amide bonds. The van der Waals surface area contributed by atoms with E-state index < -0.39 is 6.09 Å². The number of phenolic OH excluding ortho intramolecular Hbond substituents is 1. The van der Waals surface area contributed by atoms with Crippen LogP contribution in [-0.4, -0.2) is 100.0 Å². The third-order valence-electron chi connectivity index (χ3n) is 11.5. The van der Waals surface area contributed by atoms with Crippen LogP contribution < -0.4 is 9.64 Å². The second-order valence-electron chi connectivity index (χ2n) is 15.1. The van der Waals surface area contributed by atoms with Crippen LogP contribution in [0.25, 0.3) is 16.6 Å². The molecule has 0 bridgehead atoms. The Bertz CT molecular complexity index is 2500. The summed E-state index contributed by atoms with van der Waals surface area (Å²) in [4.78, 5) is 50.6. The molecule has 1 atom stereocenters. The van der Waals surface area contributed by atoms with Gasteiger partial charge in [-0.2, -0.15) is 5.10 Å². The van der Waals surface area contributed by atoms with E-state index in [1.165, 1.54) is 22.6 Å². The van der Waals surface area contributed by atoms with Crippen molar-refractivity contribution in [3.8, 4) is 17.2 Å². The molecule has 3 aliphatic heterocycles. The molecule has 4 heterocycles. The molecule has 9 rings (SSSR count). The summed E-state index contributed by atoms with van der Waals surface area (Å²) in [7, 11) is 1.67. The highest BCUT2D eigenvalue weighted by molar-refractivity contribution is 6.12. The van der Waals surface area contributed by atoms with Crippen LogP contribution in [0, 0.1) is 0 Å². The minimum atomic E-state index is -0.453. The molecule has 0 spiro atoms. The van der Waals surface area contributed by atoms with Gasteiger partial charge in [0.2, 0.25) is 0 Å². The maximum absolute atomic E-state index is 15.4. The summed E-state index contributed by atoms with van der Waals surface area (Å²) in [6, 6.07) is 35.1. The molecule has 0 unspecified atom stereocenters. The molecule has 1 N–H and O–H groups in total. The van der Waals surface area contributed by atoms with Crippen molar-refractivity contribution in [2.75, 3.05) is 51.3 Å². The van der Waals surface area contributed by atoms with E-state index in [-0.39, 0.29) is 35.8 Å². The van der Waals surface area contributed by atoms with Crippen molar-refractivity contribution in [1.82, 2.24) is 24.5 Å². The topological polar surface area (TPSA) is 121 Å². The fourth-order valence-electron chi connectivity index (χ4n) is 8.34. The molecule has 6 aromatic rings. The van der Waals surface area contributed by atoms with E-state index in [1.807, 2.05) is 65.6 Å². The summed E-state index contributed by atoms with van der Waals surface area (Å²) >= 11 is 0. The first-order valence-corrected chi connectivity index (χ1v) is 19.7. The van der Waals surface area contributed by atoms with Crippen LogP contribution in [0.2, 0.25) is 0 Å². The van der Waals surface area contributed by atoms with Crippen molar-refractivity contribution in [3.63, 3.8) is 0 Å². The molecule has 0 aliphatic carbocycles. The molecular weight excluding hydrogens is 733 g/mol. The molecule has 12 nitrogen and oxygen atoms in total. The molecule has 1 aromatic heterocycles. The maximum Gasteiger partial charge on any atom is 0.415 e. The van der Waals surface area contributed by atoms with Gasteiger partial charge in [-0.1, -0.05) is 60.7 Å². The van der Waals surface area contributed by atoms with Gasteiger partial charge in [-0.25, -0.2) is 9.48 Å². The lowest BCUT2D eigenvalue weighted by molar-refractivity contribution is 0.0192. The lowest BCUT2D eigenvalue weighted by Gasteiger charge is -2.41. The summed E-state index contributed by atoms with van der Waals surface area (Å²) in [5.74, 6) is 0.0816. The number of fused-ring (bicyclic) bond motifs is 3. The number of morpholine rings is 1. The predicted octanol–water partition coefficient (Wildman–Crippen LogP) is 6.46. The zero-order valence-electron chi connectivity index (χ0n) is 32.3. The number of aromatic hydroxyl groups is 1. The van der Waals surface area contributed by atoms with Crippen LogP contribution in [0.3, 0.4) is 0 Å². The third-order valence-corrected chi connectivity index (χ3v) is 11.5. The monoisotopic (exact) mass is 776 g/mol. The number of phenols is 1. The van der Waals surface area contributed by atoms with Gasteiger partial charge in [0.1, 0.15) is 11.5 Å². The molecule has 0 radical (unpaired) electrons. The van der Waals surface area contributed by atoms with Crippen molar-refractivity contribution < 1.29 is 29.0 Å². The number of ether oxygens (including phenoxy) is 2. The van der Waals surface area contributed by atoms with Gasteiger partial charge in [-0.05, 0) is 89.7 Å². The van der Waals surface area contributed by atoms with Crippen LogP contribution >= 0.6 is 0 Å². The Morgan fingerprint density at radius 1 is 0.810 bits per heavy atom. The normalized spacial score (nSPS) is 16.7. The lowest BCUT2D eigenvalue weighted by Crippen LogP contribution is -2.52. The van der Waals surface area contributed by atoms with Crippen LogP contribution in [0.5, 0.6) is 11.5 Å². The van der Waals surface area contributed by atoms with Crippen molar-refractivity contribution >= 4 is 34.5 Å². The van der Waals surface area contributed by atoms with Gasteiger partial charge in [0.25, 0.3) is 11.8 Å². The first-order chi connectivity index (χ1) is 28.3. The van der Waals surface area contributed by atoms with Crippen LogP contribution in [0.4, 0.5) is 10.5 Å².